The Hall–Kier alpha value is -2.53. The molecule has 0 amide bonds. The molecule has 1 aromatic carbocycles. The van der Waals surface area contributed by atoms with Gasteiger partial charge < -0.3 is 15.6 Å². The molecule has 0 spiro atoms. The van der Waals surface area contributed by atoms with Crippen molar-refractivity contribution in [3.63, 3.8) is 0 Å². The summed E-state index contributed by atoms with van der Waals surface area (Å²) in [6.45, 7) is 1.91. The highest BCUT2D eigenvalue weighted by Crippen LogP contribution is 2.30. The van der Waals surface area contributed by atoms with Gasteiger partial charge in [-0.15, -0.1) is 0 Å². The minimum Gasteiger partial charge on any atom is -0.496 e. The molecule has 0 aliphatic carbocycles. The van der Waals surface area contributed by atoms with Gasteiger partial charge in [0, 0.05) is 17.3 Å². The van der Waals surface area contributed by atoms with Crippen LogP contribution in [0.4, 0.5) is 5.82 Å². The first-order valence-corrected chi connectivity index (χ1v) is 6.67. The van der Waals surface area contributed by atoms with Gasteiger partial charge in [0.25, 0.3) is 0 Å². The molecular formula is C16H17N3O2. The van der Waals surface area contributed by atoms with Gasteiger partial charge >= 0.3 is 0 Å². The Kier molecular flexibility index (Phi) is 3.27. The molecule has 3 aromatic rings. The average Bonchev–Trinajstić information content (AvgIpc) is 2.84. The zero-order valence-corrected chi connectivity index (χ0v) is 12.0. The van der Waals surface area contributed by atoms with Gasteiger partial charge in [-0.3, -0.25) is 4.40 Å². The molecule has 0 bridgehead atoms. The van der Waals surface area contributed by atoms with Crippen LogP contribution >= 0.6 is 0 Å². The van der Waals surface area contributed by atoms with Crippen molar-refractivity contribution < 1.29 is 9.84 Å². The molecule has 0 fully saturated rings. The Morgan fingerprint density at radius 2 is 2.14 bits per heavy atom. The molecule has 0 aliphatic rings. The van der Waals surface area contributed by atoms with Crippen LogP contribution in [0.15, 0.2) is 36.5 Å². The van der Waals surface area contributed by atoms with Crippen molar-refractivity contribution in [3.8, 4) is 17.0 Å². The molecule has 0 radical (unpaired) electrons. The van der Waals surface area contributed by atoms with E-state index in [9.17, 15) is 5.11 Å². The number of aryl methyl sites for hydroxylation is 1. The van der Waals surface area contributed by atoms with Gasteiger partial charge in [0.2, 0.25) is 0 Å². The maximum atomic E-state index is 9.41. The molecule has 0 unspecified atom stereocenters. The number of nitrogens with zero attached hydrogens (tertiary/aromatic N) is 2. The Morgan fingerprint density at radius 3 is 2.81 bits per heavy atom. The Labute approximate surface area is 122 Å². The molecule has 5 nitrogen and oxygen atoms in total. The number of fused-ring (bicyclic) bond motifs is 1. The van der Waals surface area contributed by atoms with Gasteiger partial charge in [-0.1, -0.05) is 6.07 Å². The van der Waals surface area contributed by atoms with Gasteiger partial charge in [0.05, 0.1) is 13.7 Å². The maximum absolute atomic E-state index is 9.41. The van der Waals surface area contributed by atoms with Crippen molar-refractivity contribution in [2.75, 3.05) is 12.8 Å². The highest BCUT2D eigenvalue weighted by atomic mass is 16.5. The minimum atomic E-state index is -0.0676. The SMILES string of the molecule is COc1ccc(-c2nc3c(CO)cccn3c2N)cc1C. The van der Waals surface area contributed by atoms with Crippen molar-refractivity contribution in [2.45, 2.75) is 13.5 Å². The van der Waals surface area contributed by atoms with Crippen LogP contribution in [-0.2, 0) is 6.61 Å². The first kappa shape index (κ1) is 13.5. The number of ether oxygens (including phenoxy) is 1. The summed E-state index contributed by atoms with van der Waals surface area (Å²) in [6, 6.07) is 9.52. The number of nitrogen functional groups attached to an aromatic ring is 1. The zero-order valence-electron chi connectivity index (χ0n) is 12.0. The highest BCUT2D eigenvalue weighted by molar-refractivity contribution is 5.76. The smallest absolute Gasteiger partial charge is 0.144 e. The van der Waals surface area contributed by atoms with Crippen molar-refractivity contribution in [1.29, 1.82) is 0 Å². The van der Waals surface area contributed by atoms with Crippen molar-refractivity contribution in [2.24, 2.45) is 0 Å². The number of nitrogens with two attached hydrogens (primary N) is 1. The number of pyridine rings is 1. The van der Waals surface area contributed by atoms with Gasteiger partial charge in [-0.25, -0.2) is 4.98 Å². The van der Waals surface area contributed by atoms with E-state index in [1.54, 1.807) is 11.5 Å². The summed E-state index contributed by atoms with van der Waals surface area (Å²) in [7, 11) is 1.65. The topological polar surface area (TPSA) is 72.8 Å². The summed E-state index contributed by atoms with van der Waals surface area (Å²) in [5.74, 6) is 1.39. The molecular weight excluding hydrogens is 266 g/mol. The van der Waals surface area contributed by atoms with Crippen LogP contribution in [-0.4, -0.2) is 21.6 Å². The molecule has 0 atom stereocenters. The number of hydrogen-bond acceptors (Lipinski definition) is 4. The fourth-order valence-electron chi connectivity index (χ4n) is 2.50. The lowest BCUT2D eigenvalue weighted by molar-refractivity contribution is 0.282. The number of aromatic nitrogens is 2. The summed E-state index contributed by atoms with van der Waals surface area (Å²) < 4.78 is 7.06. The lowest BCUT2D eigenvalue weighted by Gasteiger charge is -2.06. The number of methoxy groups -OCH3 is 1. The second-order valence-corrected chi connectivity index (χ2v) is 4.92. The van der Waals surface area contributed by atoms with E-state index in [-0.39, 0.29) is 6.61 Å². The lowest BCUT2D eigenvalue weighted by atomic mass is 10.1. The van der Waals surface area contributed by atoms with E-state index in [1.165, 1.54) is 0 Å². The summed E-state index contributed by atoms with van der Waals surface area (Å²) in [5.41, 5.74) is 10.3. The van der Waals surface area contributed by atoms with Crippen molar-refractivity contribution in [3.05, 3.63) is 47.7 Å². The summed E-state index contributed by atoms with van der Waals surface area (Å²) in [5, 5.41) is 9.41. The Bertz CT molecular complexity index is 809. The molecule has 0 saturated carbocycles. The standard InChI is InChI=1S/C16H17N3O2/c1-10-8-11(5-6-13(10)21-2)14-15(17)19-7-3-4-12(9-20)16(19)18-14/h3-8,20H,9,17H2,1-2H3. The third kappa shape index (κ3) is 2.11. The number of aliphatic hydroxyl groups excluding tert-OH is 1. The number of aliphatic hydroxyl groups is 1. The largest absolute Gasteiger partial charge is 0.496 e. The van der Waals surface area contributed by atoms with Crippen LogP contribution in [0.2, 0.25) is 0 Å². The van der Waals surface area contributed by atoms with Crippen LogP contribution in [0.3, 0.4) is 0 Å². The number of benzene rings is 1. The fraction of sp³-hybridized carbons (Fsp3) is 0.188. The Morgan fingerprint density at radius 1 is 1.33 bits per heavy atom. The molecule has 2 heterocycles. The average molecular weight is 283 g/mol. The predicted molar refractivity (Wildman–Crippen MR) is 82.3 cm³/mol. The van der Waals surface area contributed by atoms with E-state index in [4.69, 9.17) is 10.5 Å². The van der Waals surface area contributed by atoms with Crippen molar-refractivity contribution in [1.82, 2.24) is 9.38 Å². The van der Waals surface area contributed by atoms with Gasteiger partial charge in [-0.05, 0) is 36.8 Å². The molecule has 108 valence electrons. The molecule has 0 aliphatic heterocycles. The second-order valence-electron chi connectivity index (χ2n) is 4.92. The normalized spacial score (nSPS) is 11.0. The number of anilines is 1. The minimum absolute atomic E-state index is 0.0676. The monoisotopic (exact) mass is 283 g/mol. The molecule has 5 heteroatoms. The zero-order chi connectivity index (χ0) is 15.0. The van der Waals surface area contributed by atoms with Gasteiger partial charge in [0.1, 0.15) is 22.9 Å². The molecule has 2 aromatic heterocycles. The van der Waals surface area contributed by atoms with E-state index in [0.717, 1.165) is 22.4 Å². The highest BCUT2D eigenvalue weighted by Gasteiger charge is 2.14. The van der Waals surface area contributed by atoms with Gasteiger partial charge in [0.15, 0.2) is 0 Å². The first-order chi connectivity index (χ1) is 10.2. The van der Waals surface area contributed by atoms with Crippen LogP contribution < -0.4 is 10.5 Å². The van der Waals surface area contributed by atoms with E-state index in [0.29, 0.717) is 17.2 Å². The van der Waals surface area contributed by atoms with Crippen LogP contribution in [0, 0.1) is 6.92 Å². The Balaban J connectivity index is 2.21. The predicted octanol–water partition coefficient (Wildman–Crippen LogP) is 2.39. The summed E-state index contributed by atoms with van der Waals surface area (Å²) in [6.07, 6.45) is 1.84. The van der Waals surface area contributed by atoms with E-state index in [1.807, 2.05) is 43.5 Å². The quantitative estimate of drug-likeness (QED) is 0.774. The molecule has 21 heavy (non-hydrogen) atoms. The lowest BCUT2D eigenvalue weighted by Crippen LogP contribution is -1.96. The fourth-order valence-corrected chi connectivity index (χ4v) is 2.50. The molecule has 3 N–H and O–H groups in total. The molecule has 0 saturated heterocycles. The third-order valence-electron chi connectivity index (χ3n) is 3.61. The maximum Gasteiger partial charge on any atom is 0.144 e. The summed E-state index contributed by atoms with van der Waals surface area (Å²) >= 11 is 0. The van der Waals surface area contributed by atoms with Crippen LogP contribution in [0.5, 0.6) is 5.75 Å². The number of hydrogen-bond donors (Lipinski definition) is 2. The molecule has 3 rings (SSSR count). The van der Waals surface area contributed by atoms with E-state index >= 15 is 0 Å². The van der Waals surface area contributed by atoms with Crippen LogP contribution in [0.1, 0.15) is 11.1 Å². The van der Waals surface area contributed by atoms with E-state index in [2.05, 4.69) is 4.98 Å². The first-order valence-electron chi connectivity index (χ1n) is 6.67. The van der Waals surface area contributed by atoms with E-state index < -0.39 is 0 Å². The van der Waals surface area contributed by atoms with Crippen molar-refractivity contribution >= 4 is 11.5 Å². The van der Waals surface area contributed by atoms with Gasteiger partial charge in [-0.2, -0.15) is 0 Å². The second kappa shape index (κ2) is 5.10. The summed E-state index contributed by atoms with van der Waals surface area (Å²) in [4.78, 5) is 4.59. The van der Waals surface area contributed by atoms with Crippen LogP contribution in [0.25, 0.3) is 16.9 Å². The number of rotatable bonds is 3. The number of imidazole rings is 1. The third-order valence-corrected chi connectivity index (χ3v) is 3.61.